The summed E-state index contributed by atoms with van der Waals surface area (Å²) < 4.78 is 0. The number of ketones is 1. The van der Waals surface area contributed by atoms with Crippen LogP contribution in [0, 0.1) is 11.8 Å². The lowest BCUT2D eigenvalue weighted by molar-refractivity contribution is -0.128. The average molecular weight is 236 g/mol. The van der Waals surface area contributed by atoms with E-state index in [1.165, 1.54) is 12.0 Å². The van der Waals surface area contributed by atoms with Crippen LogP contribution >= 0.6 is 11.3 Å². The summed E-state index contributed by atoms with van der Waals surface area (Å²) in [5, 5.41) is 4.29. The number of thiophene rings is 1. The smallest absolute Gasteiger partial charge is 0.137 e. The second-order valence-corrected chi connectivity index (χ2v) is 6.42. The van der Waals surface area contributed by atoms with Crippen molar-refractivity contribution in [3.63, 3.8) is 0 Å². The molecule has 0 saturated heterocycles. The molecule has 2 rings (SSSR count). The lowest BCUT2D eigenvalue weighted by Crippen LogP contribution is -2.38. The second kappa shape index (κ2) is 4.33. The molecule has 2 atom stereocenters. The van der Waals surface area contributed by atoms with E-state index in [0.29, 0.717) is 11.7 Å². The summed E-state index contributed by atoms with van der Waals surface area (Å²) >= 11 is 1.72. The fourth-order valence-electron chi connectivity index (χ4n) is 2.80. The van der Waals surface area contributed by atoms with Gasteiger partial charge in [0.15, 0.2) is 0 Å². The fraction of sp³-hybridized carbons (Fsp3) is 0.643. The second-order valence-electron chi connectivity index (χ2n) is 5.64. The molecule has 1 fully saturated rings. The van der Waals surface area contributed by atoms with E-state index in [-0.39, 0.29) is 11.3 Å². The van der Waals surface area contributed by atoms with Crippen LogP contribution < -0.4 is 0 Å². The lowest BCUT2D eigenvalue weighted by atomic mass is 9.66. The maximum absolute atomic E-state index is 12.1. The predicted octanol–water partition coefficient (Wildman–Crippen LogP) is 4.03. The van der Waals surface area contributed by atoms with Crippen LogP contribution in [0.15, 0.2) is 16.8 Å². The molecule has 1 aliphatic rings. The Morgan fingerprint density at radius 3 is 2.69 bits per heavy atom. The van der Waals surface area contributed by atoms with Crippen molar-refractivity contribution in [2.45, 2.75) is 45.4 Å². The summed E-state index contributed by atoms with van der Waals surface area (Å²) in [4.78, 5) is 12.1. The van der Waals surface area contributed by atoms with Crippen molar-refractivity contribution in [1.29, 1.82) is 0 Å². The molecule has 0 aromatic carbocycles. The summed E-state index contributed by atoms with van der Waals surface area (Å²) in [7, 11) is 0. The molecule has 1 nitrogen and oxygen atoms in total. The Hall–Kier alpha value is -0.630. The average Bonchev–Trinajstić information content (AvgIpc) is 2.69. The molecular weight excluding hydrogens is 216 g/mol. The molecule has 1 aromatic rings. The number of hydrogen-bond acceptors (Lipinski definition) is 2. The zero-order chi connectivity index (χ0) is 11.8. The Balaban J connectivity index is 2.21. The van der Waals surface area contributed by atoms with E-state index in [9.17, 15) is 4.79 Å². The Morgan fingerprint density at radius 2 is 2.12 bits per heavy atom. The number of rotatable bonds is 2. The van der Waals surface area contributed by atoms with Gasteiger partial charge in [0, 0.05) is 17.8 Å². The van der Waals surface area contributed by atoms with Crippen molar-refractivity contribution in [3.8, 4) is 0 Å². The largest absolute Gasteiger partial charge is 0.299 e. The number of carbonyl (C=O) groups is 1. The van der Waals surface area contributed by atoms with E-state index in [2.05, 4.69) is 37.6 Å². The molecule has 1 heterocycles. The number of carbonyl (C=O) groups excluding carboxylic acids is 1. The third-order valence-corrected chi connectivity index (χ3v) is 4.71. The zero-order valence-corrected chi connectivity index (χ0v) is 11.1. The maximum atomic E-state index is 12.1. The Bertz CT molecular complexity index is 364. The quantitative estimate of drug-likeness (QED) is 0.757. The summed E-state index contributed by atoms with van der Waals surface area (Å²) in [6.45, 7) is 6.62. The third-order valence-electron chi connectivity index (χ3n) is 4.02. The first-order chi connectivity index (χ1) is 7.51. The minimum Gasteiger partial charge on any atom is -0.299 e. The van der Waals surface area contributed by atoms with E-state index in [1.807, 2.05) is 0 Å². The van der Waals surface area contributed by atoms with Crippen LogP contribution in [-0.2, 0) is 10.2 Å². The van der Waals surface area contributed by atoms with E-state index in [1.54, 1.807) is 11.3 Å². The van der Waals surface area contributed by atoms with E-state index < -0.39 is 0 Å². The van der Waals surface area contributed by atoms with Crippen LogP contribution in [0.1, 0.15) is 45.6 Å². The van der Waals surface area contributed by atoms with Gasteiger partial charge in [-0.15, -0.1) is 0 Å². The molecule has 0 amide bonds. The van der Waals surface area contributed by atoms with Crippen molar-refractivity contribution in [1.82, 2.24) is 0 Å². The van der Waals surface area contributed by atoms with E-state index in [0.717, 1.165) is 12.8 Å². The van der Waals surface area contributed by atoms with Gasteiger partial charge in [0.05, 0.1) is 0 Å². The van der Waals surface area contributed by atoms with Crippen molar-refractivity contribution < 1.29 is 4.79 Å². The highest BCUT2D eigenvalue weighted by atomic mass is 32.1. The van der Waals surface area contributed by atoms with Gasteiger partial charge in [-0.3, -0.25) is 4.79 Å². The van der Waals surface area contributed by atoms with Crippen molar-refractivity contribution >= 4 is 17.1 Å². The number of hydrogen-bond donors (Lipinski definition) is 0. The van der Waals surface area contributed by atoms with Crippen molar-refractivity contribution in [3.05, 3.63) is 22.4 Å². The highest BCUT2D eigenvalue weighted by molar-refractivity contribution is 7.08. The SMILES string of the molecule is CC1CCC(C(C)(C)c2ccsc2)C(=O)C1. The van der Waals surface area contributed by atoms with Crippen LogP contribution in [0.25, 0.3) is 0 Å². The molecule has 0 radical (unpaired) electrons. The first-order valence-corrected chi connectivity index (χ1v) is 7.01. The molecule has 1 aliphatic carbocycles. The maximum Gasteiger partial charge on any atom is 0.137 e. The standard InChI is InChI=1S/C14H20OS/c1-10-4-5-12(13(15)8-10)14(2,3)11-6-7-16-9-11/h6-7,9-10,12H,4-5,8H2,1-3H3. The molecule has 88 valence electrons. The van der Waals surface area contributed by atoms with Crippen LogP contribution in [0.4, 0.5) is 0 Å². The Labute approximate surface area is 102 Å². The summed E-state index contributed by atoms with van der Waals surface area (Å²) in [6, 6.07) is 2.16. The normalized spacial score (nSPS) is 27.1. The van der Waals surface area contributed by atoms with Gasteiger partial charge >= 0.3 is 0 Å². The van der Waals surface area contributed by atoms with Gasteiger partial charge in [-0.25, -0.2) is 0 Å². The molecule has 0 aliphatic heterocycles. The zero-order valence-electron chi connectivity index (χ0n) is 10.3. The van der Waals surface area contributed by atoms with Crippen molar-refractivity contribution in [2.24, 2.45) is 11.8 Å². The highest BCUT2D eigenvalue weighted by Crippen LogP contribution is 2.40. The first kappa shape index (κ1) is 11.8. The Kier molecular flexibility index (Phi) is 3.20. The molecular formula is C14H20OS. The highest BCUT2D eigenvalue weighted by Gasteiger charge is 2.39. The monoisotopic (exact) mass is 236 g/mol. The fourth-order valence-corrected chi connectivity index (χ4v) is 3.63. The van der Waals surface area contributed by atoms with E-state index in [4.69, 9.17) is 0 Å². The predicted molar refractivity (Wildman–Crippen MR) is 68.9 cm³/mol. The van der Waals surface area contributed by atoms with Crippen LogP contribution in [0.3, 0.4) is 0 Å². The van der Waals surface area contributed by atoms with Gasteiger partial charge in [0.2, 0.25) is 0 Å². The molecule has 16 heavy (non-hydrogen) atoms. The van der Waals surface area contributed by atoms with Crippen LogP contribution in [0.5, 0.6) is 0 Å². The van der Waals surface area contributed by atoms with Gasteiger partial charge in [0.1, 0.15) is 5.78 Å². The van der Waals surface area contributed by atoms with Gasteiger partial charge in [-0.1, -0.05) is 20.8 Å². The van der Waals surface area contributed by atoms with Crippen LogP contribution in [0.2, 0.25) is 0 Å². The number of Topliss-reactive ketones (excluding diaryl/α,β-unsaturated/α-hetero) is 1. The summed E-state index contributed by atoms with van der Waals surface area (Å²) in [5.41, 5.74) is 1.34. The van der Waals surface area contributed by atoms with Gasteiger partial charge in [-0.05, 0) is 41.1 Å². The molecule has 1 aromatic heterocycles. The molecule has 1 saturated carbocycles. The minimum atomic E-state index is 0.0111. The summed E-state index contributed by atoms with van der Waals surface area (Å²) in [6.07, 6.45) is 3.03. The Morgan fingerprint density at radius 1 is 1.38 bits per heavy atom. The lowest BCUT2D eigenvalue weighted by Gasteiger charge is -2.37. The van der Waals surface area contributed by atoms with Gasteiger partial charge in [-0.2, -0.15) is 11.3 Å². The molecule has 0 spiro atoms. The molecule has 0 bridgehead atoms. The topological polar surface area (TPSA) is 17.1 Å². The van der Waals surface area contributed by atoms with Crippen molar-refractivity contribution in [2.75, 3.05) is 0 Å². The third kappa shape index (κ3) is 2.08. The molecule has 2 heteroatoms. The minimum absolute atomic E-state index is 0.0111. The first-order valence-electron chi connectivity index (χ1n) is 6.07. The summed E-state index contributed by atoms with van der Waals surface area (Å²) in [5.74, 6) is 1.27. The molecule has 0 N–H and O–H groups in total. The van der Waals surface area contributed by atoms with Gasteiger partial charge < -0.3 is 0 Å². The van der Waals surface area contributed by atoms with Gasteiger partial charge in [0.25, 0.3) is 0 Å². The van der Waals surface area contributed by atoms with E-state index >= 15 is 0 Å². The van der Waals surface area contributed by atoms with Crippen LogP contribution in [-0.4, -0.2) is 5.78 Å². The molecule has 2 unspecified atom stereocenters.